The molecule has 6 saturated carbocycles. The zero-order valence-electron chi connectivity index (χ0n) is 5.33. The summed E-state index contributed by atoms with van der Waals surface area (Å²) in [5.74, 6) is 10.5. The Balaban J connectivity index is 1.96. The molecular formula is C9H10. The molecule has 0 nitrogen and oxygen atoms in total. The van der Waals surface area contributed by atoms with E-state index in [1.807, 2.05) is 0 Å². The lowest BCUT2D eigenvalue weighted by Crippen LogP contribution is -2.81. The minimum atomic E-state index is 1.29. The molecule has 6 aliphatic carbocycles. The Morgan fingerprint density at radius 1 is 0.556 bits per heavy atom. The average molecular weight is 118 g/mol. The average Bonchev–Trinajstić information content (AvgIpc) is 2.12. The van der Waals surface area contributed by atoms with Crippen molar-refractivity contribution in [1.82, 2.24) is 0 Å². The van der Waals surface area contributed by atoms with E-state index in [9.17, 15) is 0 Å². The molecule has 9 heavy (non-hydrogen) atoms. The second-order valence-electron chi connectivity index (χ2n) is 5.03. The van der Waals surface area contributed by atoms with Gasteiger partial charge in [-0.3, -0.25) is 0 Å². The monoisotopic (exact) mass is 118 g/mol. The lowest BCUT2D eigenvalue weighted by molar-refractivity contribution is -0.379. The van der Waals surface area contributed by atoms with Crippen molar-refractivity contribution >= 4 is 0 Å². The van der Waals surface area contributed by atoms with Gasteiger partial charge in [0.15, 0.2) is 0 Å². The van der Waals surface area contributed by atoms with Gasteiger partial charge in [-0.05, 0) is 53.8 Å². The van der Waals surface area contributed by atoms with Crippen LogP contribution in [-0.2, 0) is 0 Å². The quantitative estimate of drug-likeness (QED) is 0.450. The fourth-order valence-electron chi connectivity index (χ4n) is 5.72. The van der Waals surface area contributed by atoms with Gasteiger partial charge < -0.3 is 0 Å². The summed E-state index contributed by atoms with van der Waals surface area (Å²) in [6.07, 6.45) is 1.68. The van der Waals surface area contributed by atoms with Gasteiger partial charge in [-0.1, -0.05) is 0 Å². The highest BCUT2D eigenvalue weighted by Gasteiger charge is 2.90. The van der Waals surface area contributed by atoms with Crippen molar-refractivity contribution in [3.8, 4) is 0 Å². The molecule has 0 aromatic rings. The molecule has 0 N–H and O–H groups in total. The molecular weight excluding hydrogens is 108 g/mol. The summed E-state index contributed by atoms with van der Waals surface area (Å²) in [4.78, 5) is 0. The standard InChI is InChI=1S/C9H10/c1-2-4-6-3(1)7-5(2)8(4)9(6)7/h2-9H,1H2/t2?,3?,4-,5?,6?,7?,8?,9?/m1/s1. The predicted octanol–water partition coefficient (Wildman–Crippen LogP) is 1.37. The van der Waals surface area contributed by atoms with Crippen molar-refractivity contribution in [3.63, 3.8) is 0 Å². The third-order valence-corrected chi connectivity index (χ3v) is 5.63. The van der Waals surface area contributed by atoms with E-state index in [0.717, 1.165) is 0 Å². The maximum Gasteiger partial charge on any atom is -0.0312 e. The summed E-state index contributed by atoms with van der Waals surface area (Å²) in [6, 6.07) is 0. The fraction of sp³-hybridized carbons (Fsp3) is 1.00. The lowest BCUT2D eigenvalue weighted by atomic mass is 9.20. The highest BCUT2D eigenvalue weighted by atomic mass is 14.9. The van der Waals surface area contributed by atoms with Crippen LogP contribution in [0.1, 0.15) is 6.42 Å². The van der Waals surface area contributed by atoms with Gasteiger partial charge in [0.25, 0.3) is 0 Å². The SMILES string of the molecule is C1C2C3C4C1[C@@H]1C2C3C41. The zero-order chi connectivity index (χ0) is 5.33. The topological polar surface area (TPSA) is 0 Å². The van der Waals surface area contributed by atoms with Gasteiger partial charge in [0.05, 0.1) is 0 Å². The number of rotatable bonds is 0. The van der Waals surface area contributed by atoms with E-state index in [1.54, 1.807) is 6.42 Å². The van der Waals surface area contributed by atoms with Crippen molar-refractivity contribution in [3.05, 3.63) is 0 Å². The molecule has 2 bridgehead atoms. The van der Waals surface area contributed by atoms with Crippen LogP contribution >= 0.6 is 0 Å². The van der Waals surface area contributed by atoms with Gasteiger partial charge in [-0.25, -0.2) is 0 Å². The molecule has 0 amide bonds. The van der Waals surface area contributed by atoms with E-state index in [-0.39, 0.29) is 0 Å². The van der Waals surface area contributed by atoms with Crippen molar-refractivity contribution < 1.29 is 0 Å². The summed E-state index contributed by atoms with van der Waals surface area (Å²) in [7, 11) is 0. The Kier molecular flexibility index (Phi) is 0.238. The van der Waals surface area contributed by atoms with Gasteiger partial charge in [0.2, 0.25) is 0 Å². The maximum absolute atomic E-state index is 1.68. The highest BCUT2D eigenvalue weighted by Crippen LogP contribution is 2.94. The molecule has 6 rings (SSSR count). The minimum absolute atomic E-state index is 1.29. The molecule has 8 atom stereocenters. The summed E-state index contributed by atoms with van der Waals surface area (Å²) >= 11 is 0. The molecule has 0 heterocycles. The first-order chi connectivity index (χ1) is 4.48. The van der Waals surface area contributed by atoms with Gasteiger partial charge in [-0.15, -0.1) is 0 Å². The van der Waals surface area contributed by atoms with Crippen LogP contribution in [0.15, 0.2) is 0 Å². The minimum Gasteiger partial charge on any atom is -0.0464 e. The van der Waals surface area contributed by atoms with Crippen LogP contribution in [0.25, 0.3) is 0 Å². The van der Waals surface area contributed by atoms with Crippen molar-refractivity contribution in [1.29, 1.82) is 0 Å². The first-order valence-corrected chi connectivity index (χ1v) is 4.48. The van der Waals surface area contributed by atoms with Gasteiger partial charge in [0.1, 0.15) is 0 Å². The molecule has 0 saturated heterocycles. The Labute approximate surface area is 54.6 Å². The Hall–Kier alpha value is 0. The zero-order valence-corrected chi connectivity index (χ0v) is 5.33. The largest absolute Gasteiger partial charge is 0.0464 e. The number of hydrogen-bond acceptors (Lipinski definition) is 0. The molecule has 0 heteroatoms. The molecule has 0 aromatic heterocycles. The molecule has 46 valence electrons. The van der Waals surface area contributed by atoms with Crippen LogP contribution in [0.2, 0.25) is 0 Å². The third-order valence-electron chi connectivity index (χ3n) is 5.63. The highest BCUT2D eigenvalue weighted by molar-refractivity contribution is 5.37. The van der Waals surface area contributed by atoms with Gasteiger partial charge in [-0.2, -0.15) is 0 Å². The van der Waals surface area contributed by atoms with Crippen LogP contribution in [0, 0.1) is 47.3 Å². The smallest absolute Gasteiger partial charge is 0.0312 e. The van der Waals surface area contributed by atoms with Crippen LogP contribution < -0.4 is 0 Å². The Morgan fingerprint density at radius 2 is 1.00 bits per heavy atom. The molecule has 0 aromatic carbocycles. The first-order valence-electron chi connectivity index (χ1n) is 4.48. The van der Waals surface area contributed by atoms with Gasteiger partial charge >= 0.3 is 0 Å². The van der Waals surface area contributed by atoms with Crippen LogP contribution in [0.3, 0.4) is 0 Å². The molecule has 6 fully saturated rings. The fourth-order valence-corrected chi connectivity index (χ4v) is 5.72. The molecule has 0 aliphatic heterocycles. The van der Waals surface area contributed by atoms with E-state index in [2.05, 4.69) is 0 Å². The Bertz CT molecular complexity index is 175. The first kappa shape index (κ1) is 3.41. The van der Waals surface area contributed by atoms with Crippen LogP contribution in [-0.4, -0.2) is 0 Å². The molecule has 0 spiro atoms. The van der Waals surface area contributed by atoms with E-state index in [0.29, 0.717) is 0 Å². The summed E-state index contributed by atoms with van der Waals surface area (Å²) in [5, 5.41) is 0. The van der Waals surface area contributed by atoms with E-state index in [4.69, 9.17) is 0 Å². The molecule has 7 unspecified atom stereocenters. The summed E-state index contributed by atoms with van der Waals surface area (Å²) in [5.41, 5.74) is 0. The van der Waals surface area contributed by atoms with Crippen molar-refractivity contribution in [2.45, 2.75) is 6.42 Å². The second kappa shape index (κ2) is 0.627. The lowest BCUT2D eigenvalue weighted by Gasteiger charge is -2.84. The summed E-state index contributed by atoms with van der Waals surface area (Å²) < 4.78 is 0. The van der Waals surface area contributed by atoms with E-state index >= 15 is 0 Å². The van der Waals surface area contributed by atoms with Crippen LogP contribution in [0.4, 0.5) is 0 Å². The van der Waals surface area contributed by atoms with Crippen molar-refractivity contribution in [2.24, 2.45) is 47.3 Å². The maximum atomic E-state index is 1.68. The summed E-state index contributed by atoms with van der Waals surface area (Å²) in [6.45, 7) is 0. The van der Waals surface area contributed by atoms with Gasteiger partial charge in [0, 0.05) is 0 Å². The molecule has 6 aliphatic rings. The second-order valence-corrected chi connectivity index (χ2v) is 5.03. The normalized spacial score (nSPS) is 98.7. The predicted molar refractivity (Wildman–Crippen MR) is 32.5 cm³/mol. The van der Waals surface area contributed by atoms with Crippen LogP contribution in [0.5, 0.6) is 0 Å². The third kappa shape index (κ3) is 0.125. The van der Waals surface area contributed by atoms with E-state index in [1.165, 1.54) is 47.3 Å². The Morgan fingerprint density at radius 3 is 1.33 bits per heavy atom. The molecule has 0 radical (unpaired) electrons. The van der Waals surface area contributed by atoms with Crippen molar-refractivity contribution in [2.75, 3.05) is 0 Å². The number of hydrogen-bond donors (Lipinski definition) is 0. The van der Waals surface area contributed by atoms with E-state index < -0.39 is 0 Å².